The second kappa shape index (κ2) is 5.93. The van der Waals surface area contributed by atoms with Gasteiger partial charge in [-0.3, -0.25) is 0 Å². The van der Waals surface area contributed by atoms with E-state index in [0.29, 0.717) is 12.0 Å². The first-order chi connectivity index (χ1) is 9.44. The summed E-state index contributed by atoms with van der Waals surface area (Å²) in [5.74, 6) is -1.10. The lowest BCUT2D eigenvalue weighted by Crippen LogP contribution is -2.32. The van der Waals surface area contributed by atoms with Crippen molar-refractivity contribution in [2.45, 2.75) is 50.0 Å². The standard InChI is InChI=1S/C14H19NO4S/c1-2-10-7-8-12(9-13(10)14(16)17)20(18,19)15-11-5-3-4-6-11/h7-9,11,15H,2-6H2,1H3,(H,16,17). The molecule has 2 rings (SSSR count). The van der Waals surface area contributed by atoms with Crippen molar-refractivity contribution in [3.8, 4) is 0 Å². The Hall–Kier alpha value is -1.40. The number of aromatic carboxylic acids is 1. The first-order valence-corrected chi connectivity index (χ1v) is 8.31. The van der Waals surface area contributed by atoms with Gasteiger partial charge in [0.05, 0.1) is 10.5 Å². The van der Waals surface area contributed by atoms with Gasteiger partial charge in [0.15, 0.2) is 0 Å². The van der Waals surface area contributed by atoms with Crippen molar-refractivity contribution < 1.29 is 18.3 Å². The Labute approximate surface area is 119 Å². The van der Waals surface area contributed by atoms with Crippen molar-refractivity contribution in [1.82, 2.24) is 4.72 Å². The number of nitrogens with one attached hydrogen (secondary N) is 1. The molecular weight excluding hydrogens is 278 g/mol. The molecule has 0 amide bonds. The minimum absolute atomic E-state index is 0.0269. The van der Waals surface area contributed by atoms with Gasteiger partial charge in [0, 0.05) is 6.04 Å². The number of hydrogen-bond acceptors (Lipinski definition) is 3. The average molecular weight is 297 g/mol. The molecule has 1 aliphatic rings. The van der Waals surface area contributed by atoms with Crippen molar-refractivity contribution in [1.29, 1.82) is 0 Å². The monoisotopic (exact) mass is 297 g/mol. The van der Waals surface area contributed by atoms with Crippen LogP contribution in [0, 0.1) is 0 Å². The molecule has 0 atom stereocenters. The molecule has 1 fully saturated rings. The number of carbonyl (C=O) groups is 1. The predicted molar refractivity (Wildman–Crippen MR) is 75.4 cm³/mol. The summed E-state index contributed by atoms with van der Waals surface area (Å²) in [7, 11) is -3.64. The van der Waals surface area contributed by atoms with Gasteiger partial charge in [-0.1, -0.05) is 25.8 Å². The normalized spacial score (nSPS) is 16.4. The van der Waals surface area contributed by atoms with E-state index in [1.165, 1.54) is 12.1 Å². The molecule has 0 bridgehead atoms. The van der Waals surface area contributed by atoms with Gasteiger partial charge in [0.25, 0.3) is 0 Å². The molecule has 0 spiro atoms. The van der Waals surface area contributed by atoms with Crippen LogP contribution in [-0.2, 0) is 16.4 Å². The Morgan fingerprint density at radius 3 is 2.55 bits per heavy atom. The van der Waals surface area contributed by atoms with Gasteiger partial charge in [0.1, 0.15) is 0 Å². The fourth-order valence-electron chi connectivity index (χ4n) is 2.56. The van der Waals surface area contributed by atoms with Gasteiger partial charge in [-0.15, -0.1) is 0 Å². The Bertz CT molecular complexity index is 604. The average Bonchev–Trinajstić information content (AvgIpc) is 2.89. The molecule has 1 aliphatic carbocycles. The summed E-state index contributed by atoms with van der Waals surface area (Å²) >= 11 is 0. The molecule has 20 heavy (non-hydrogen) atoms. The van der Waals surface area contributed by atoms with Gasteiger partial charge in [-0.05, 0) is 37.0 Å². The van der Waals surface area contributed by atoms with E-state index in [1.54, 1.807) is 6.07 Å². The maximum absolute atomic E-state index is 12.3. The van der Waals surface area contributed by atoms with Crippen LogP contribution >= 0.6 is 0 Å². The van der Waals surface area contributed by atoms with Crippen LogP contribution in [0.5, 0.6) is 0 Å². The van der Waals surface area contributed by atoms with E-state index in [-0.39, 0.29) is 16.5 Å². The Morgan fingerprint density at radius 2 is 2.00 bits per heavy atom. The lowest BCUT2D eigenvalue weighted by Gasteiger charge is -2.13. The zero-order chi connectivity index (χ0) is 14.8. The Balaban J connectivity index is 2.31. The van der Waals surface area contributed by atoms with Gasteiger partial charge >= 0.3 is 5.97 Å². The van der Waals surface area contributed by atoms with Crippen molar-refractivity contribution in [2.75, 3.05) is 0 Å². The maximum Gasteiger partial charge on any atom is 0.336 e. The fourth-order valence-corrected chi connectivity index (χ4v) is 3.89. The third-order valence-corrected chi connectivity index (χ3v) is 5.20. The first-order valence-electron chi connectivity index (χ1n) is 6.82. The van der Waals surface area contributed by atoms with E-state index in [0.717, 1.165) is 25.7 Å². The zero-order valence-corrected chi connectivity index (χ0v) is 12.2. The Morgan fingerprint density at radius 1 is 1.35 bits per heavy atom. The lowest BCUT2D eigenvalue weighted by atomic mass is 10.1. The van der Waals surface area contributed by atoms with E-state index in [4.69, 9.17) is 5.11 Å². The van der Waals surface area contributed by atoms with Crippen molar-refractivity contribution in [2.24, 2.45) is 0 Å². The second-order valence-electron chi connectivity index (χ2n) is 5.08. The topological polar surface area (TPSA) is 83.5 Å². The number of benzene rings is 1. The highest BCUT2D eigenvalue weighted by molar-refractivity contribution is 7.89. The minimum atomic E-state index is -3.64. The molecular formula is C14H19NO4S. The third-order valence-electron chi connectivity index (χ3n) is 3.68. The van der Waals surface area contributed by atoms with Crippen LogP contribution in [-0.4, -0.2) is 25.5 Å². The number of sulfonamides is 1. The highest BCUT2D eigenvalue weighted by Crippen LogP contribution is 2.22. The zero-order valence-electron chi connectivity index (χ0n) is 11.4. The van der Waals surface area contributed by atoms with Crippen LogP contribution in [0.4, 0.5) is 0 Å². The molecule has 0 aromatic heterocycles. The van der Waals surface area contributed by atoms with E-state index >= 15 is 0 Å². The van der Waals surface area contributed by atoms with E-state index in [9.17, 15) is 13.2 Å². The van der Waals surface area contributed by atoms with Crippen molar-refractivity contribution in [3.05, 3.63) is 29.3 Å². The van der Waals surface area contributed by atoms with Crippen LogP contribution < -0.4 is 4.72 Å². The highest BCUT2D eigenvalue weighted by atomic mass is 32.2. The number of hydrogen-bond donors (Lipinski definition) is 2. The molecule has 0 saturated heterocycles. The van der Waals surface area contributed by atoms with Crippen LogP contribution in [0.1, 0.15) is 48.5 Å². The quantitative estimate of drug-likeness (QED) is 0.872. The smallest absolute Gasteiger partial charge is 0.336 e. The molecule has 0 radical (unpaired) electrons. The van der Waals surface area contributed by atoms with Crippen molar-refractivity contribution >= 4 is 16.0 Å². The molecule has 0 unspecified atom stereocenters. The SMILES string of the molecule is CCc1ccc(S(=O)(=O)NC2CCCC2)cc1C(=O)O. The summed E-state index contributed by atoms with van der Waals surface area (Å²) in [5, 5.41) is 9.16. The van der Waals surface area contributed by atoms with Crippen LogP contribution in [0.2, 0.25) is 0 Å². The molecule has 110 valence electrons. The largest absolute Gasteiger partial charge is 0.478 e. The number of rotatable bonds is 5. The predicted octanol–water partition coefficient (Wildman–Crippen LogP) is 2.17. The molecule has 0 heterocycles. The van der Waals surface area contributed by atoms with Gasteiger partial charge in [0.2, 0.25) is 10.0 Å². The van der Waals surface area contributed by atoms with Gasteiger partial charge < -0.3 is 5.11 Å². The summed E-state index contributed by atoms with van der Waals surface area (Å²) < 4.78 is 27.2. The molecule has 0 aliphatic heterocycles. The number of aryl methyl sites for hydroxylation is 1. The van der Waals surface area contributed by atoms with E-state index < -0.39 is 16.0 Å². The van der Waals surface area contributed by atoms with Crippen LogP contribution in [0.15, 0.2) is 23.1 Å². The number of carboxylic acid groups (broad SMARTS) is 1. The van der Waals surface area contributed by atoms with Crippen molar-refractivity contribution in [3.63, 3.8) is 0 Å². The molecule has 1 aromatic rings. The molecule has 5 nitrogen and oxygen atoms in total. The molecule has 1 saturated carbocycles. The van der Waals surface area contributed by atoms with Gasteiger partial charge in [-0.25, -0.2) is 17.9 Å². The maximum atomic E-state index is 12.3. The van der Waals surface area contributed by atoms with E-state index in [1.807, 2.05) is 6.92 Å². The highest BCUT2D eigenvalue weighted by Gasteiger charge is 2.24. The lowest BCUT2D eigenvalue weighted by molar-refractivity contribution is 0.0695. The van der Waals surface area contributed by atoms with Crippen LogP contribution in [0.3, 0.4) is 0 Å². The summed E-state index contributed by atoms with van der Waals surface area (Å²) in [4.78, 5) is 11.2. The second-order valence-corrected chi connectivity index (χ2v) is 6.79. The molecule has 6 heteroatoms. The Kier molecular flexibility index (Phi) is 4.45. The fraction of sp³-hybridized carbons (Fsp3) is 0.500. The summed E-state index contributed by atoms with van der Waals surface area (Å²) in [6, 6.07) is 4.27. The van der Waals surface area contributed by atoms with E-state index in [2.05, 4.69) is 4.72 Å². The molecule has 2 N–H and O–H groups in total. The summed E-state index contributed by atoms with van der Waals surface area (Å²) in [6.45, 7) is 1.84. The number of carboxylic acids is 1. The first kappa shape index (κ1) is 15.0. The summed E-state index contributed by atoms with van der Waals surface area (Å²) in [5.41, 5.74) is 0.694. The van der Waals surface area contributed by atoms with Gasteiger partial charge in [-0.2, -0.15) is 0 Å². The van der Waals surface area contributed by atoms with Crippen LogP contribution in [0.25, 0.3) is 0 Å². The summed E-state index contributed by atoms with van der Waals surface area (Å²) in [6.07, 6.45) is 4.30. The third kappa shape index (κ3) is 3.19. The minimum Gasteiger partial charge on any atom is -0.478 e. The molecule has 1 aromatic carbocycles.